The summed E-state index contributed by atoms with van der Waals surface area (Å²) in [6.07, 6.45) is -1.20. The molecule has 4 aromatic carbocycles. The number of ether oxygens (including phenoxy) is 3. The second-order valence-electron chi connectivity index (χ2n) is 11.2. The monoisotopic (exact) mass is 641 g/mol. The third-order valence-corrected chi connectivity index (χ3v) is 9.29. The number of benzene rings is 4. The highest BCUT2D eigenvalue weighted by molar-refractivity contribution is 7.99. The van der Waals surface area contributed by atoms with E-state index in [-0.39, 0.29) is 43.5 Å². The quantitative estimate of drug-likeness (QED) is 0.135. The second kappa shape index (κ2) is 15.9. The summed E-state index contributed by atoms with van der Waals surface area (Å²) < 4.78 is 18.8. The SMILES string of the molecule is COc1ccccc1SCC1OC(c2ccc(-c3ccccc3CNC(=O)CCC(=O)O)cc2)OC(c2ccc(CO)cc2)C1C. The topological polar surface area (TPSA) is 114 Å². The van der Waals surface area contributed by atoms with E-state index >= 15 is 0 Å². The maximum absolute atomic E-state index is 12.1. The van der Waals surface area contributed by atoms with Crippen molar-refractivity contribution in [3.8, 4) is 16.9 Å². The Balaban J connectivity index is 1.35. The molecule has 4 unspecified atom stereocenters. The third-order valence-electron chi connectivity index (χ3n) is 8.15. The van der Waals surface area contributed by atoms with E-state index in [9.17, 15) is 14.7 Å². The highest BCUT2D eigenvalue weighted by Gasteiger charge is 2.38. The Bertz CT molecular complexity index is 1610. The van der Waals surface area contributed by atoms with Gasteiger partial charge in [0.05, 0.1) is 32.3 Å². The van der Waals surface area contributed by atoms with Gasteiger partial charge in [-0.1, -0.05) is 91.9 Å². The first-order valence-electron chi connectivity index (χ1n) is 15.3. The molecule has 0 radical (unpaired) electrons. The van der Waals surface area contributed by atoms with Gasteiger partial charge >= 0.3 is 5.97 Å². The minimum absolute atomic E-state index is 0.0160. The zero-order valence-electron chi connectivity index (χ0n) is 25.9. The minimum Gasteiger partial charge on any atom is -0.496 e. The van der Waals surface area contributed by atoms with Crippen molar-refractivity contribution in [2.45, 2.75) is 56.3 Å². The molecule has 4 atom stereocenters. The van der Waals surface area contributed by atoms with Gasteiger partial charge in [-0.3, -0.25) is 9.59 Å². The molecule has 1 fully saturated rings. The van der Waals surface area contributed by atoms with Gasteiger partial charge in [0.25, 0.3) is 0 Å². The number of methoxy groups -OCH3 is 1. The molecule has 0 saturated carbocycles. The van der Waals surface area contributed by atoms with E-state index in [1.807, 2.05) is 97.1 Å². The van der Waals surface area contributed by atoms with Gasteiger partial charge in [0, 0.05) is 35.1 Å². The molecule has 8 nitrogen and oxygen atoms in total. The van der Waals surface area contributed by atoms with Crippen molar-refractivity contribution < 1.29 is 34.0 Å². The van der Waals surface area contributed by atoms with Crippen LogP contribution in [-0.2, 0) is 32.2 Å². The normalized spacial score (nSPS) is 19.4. The van der Waals surface area contributed by atoms with Crippen LogP contribution in [0.4, 0.5) is 0 Å². The first-order chi connectivity index (χ1) is 22.4. The van der Waals surface area contributed by atoms with E-state index in [1.165, 1.54) is 0 Å². The number of aliphatic carboxylic acids is 1. The molecule has 240 valence electrons. The Kier molecular flexibility index (Phi) is 11.5. The van der Waals surface area contributed by atoms with Crippen molar-refractivity contribution in [2.24, 2.45) is 5.92 Å². The van der Waals surface area contributed by atoms with Gasteiger partial charge in [-0.05, 0) is 39.9 Å². The van der Waals surface area contributed by atoms with E-state index in [0.29, 0.717) is 12.3 Å². The Morgan fingerprint density at radius 1 is 0.870 bits per heavy atom. The number of hydrogen-bond donors (Lipinski definition) is 3. The summed E-state index contributed by atoms with van der Waals surface area (Å²) in [5.41, 5.74) is 5.64. The molecular formula is C37H39NO7S. The molecule has 1 aliphatic rings. The molecule has 0 bridgehead atoms. The molecular weight excluding hydrogens is 602 g/mol. The summed E-state index contributed by atoms with van der Waals surface area (Å²) >= 11 is 1.70. The van der Waals surface area contributed by atoms with Gasteiger partial charge in [-0.25, -0.2) is 0 Å². The first kappa shape index (κ1) is 33.2. The lowest BCUT2D eigenvalue weighted by atomic mass is 9.91. The molecule has 1 amide bonds. The molecule has 1 saturated heterocycles. The fourth-order valence-corrected chi connectivity index (χ4v) is 6.69. The van der Waals surface area contributed by atoms with Crippen molar-refractivity contribution in [1.82, 2.24) is 5.32 Å². The molecule has 0 spiro atoms. The first-order valence-corrected chi connectivity index (χ1v) is 16.3. The molecule has 0 aliphatic carbocycles. The van der Waals surface area contributed by atoms with E-state index in [2.05, 4.69) is 12.2 Å². The van der Waals surface area contributed by atoms with E-state index in [1.54, 1.807) is 18.9 Å². The summed E-state index contributed by atoms with van der Waals surface area (Å²) in [6, 6.07) is 31.7. The minimum atomic E-state index is -0.997. The number of hydrogen-bond acceptors (Lipinski definition) is 7. The lowest BCUT2D eigenvalue weighted by molar-refractivity contribution is -0.268. The summed E-state index contributed by atoms with van der Waals surface area (Å²) in [4.78, 5) is 24.0. The molecule has 1 heterocycles. The summed E-state index contributed by atoms with van der Waals surface area (Å²) in [5.74, 6) is 0.290. The Hall–Kier alpha value is -4.15. The van der Waals surface area contributed by atoms with Crippen molar-refractivity contribution >= 4 is 23.6 Å². The van der Waals surface area contributed by atoms with Crippen molar-refractivity contribution in [1.29, 1.82) is 0 Å². The lowest BCUT2D eigenvalue weighted by Gasteiger charge is -2.41. The number of thioether (sulfide) groups is 1. The van der Waals surface area contributed by atoms with Gasteiger partial charge in [-0.15, -0.1) is 11.8 Å². The van der Waals surface area contributed by atoms with Crippen LogP contribution in [0.2, 0.25) is 0 Å². The third kappa shape index (κ3) is 8.35. The smallest absolute Gasteiger partial charge is 0.303 e. The van der Waals surface area contributed by atoms with E-state index in [0.717, 1.165) is 44.0 Å². The van der Waals surface area contributed by atoms with Crippen LogP contribution in [0.5, 0.6) is 5.75 Å². The van der Waals surface area contributed by atoms with Crippen LogP contribution in [0, 0.1) is 5.92 Å². The average molecular weight is 642 g/mol. The largest absolute Gasteiger partial charge is 0.496 e. The van der Waals surface area contributed by atoms with Gasteiger partial charge in [0.1, 0.15) is 5.75 Å². The maximum atomic E-state index is 12.1. The van der Waals surface area contributed by atoms with Crippen LogP contribution in [0.3, 0.4) is 0 Å². The van der Waals surface area contributed by atoms with Crippen LogP contribution in [0.1, 0.15) is 54.4 Å². The zero-order chi connectivity index (χ0) is 32.5. The number of carboxylic acid groups (broad SMARTS) is 1. The number of carbonyl (C=O) groups excluding carboxylic acids is 1. The molecule has 9 heteroatoms. The summed E-state index contributed by atoms with van der Waals surface area (Å²) in [7, 11) is 1.68. The highest BCUT2D eigenvalue weighted by atomic mass is 32.2. The Labute approximate surface area is 273 Å². The van der Waals surface area contributed by atoms with Crippen molar-refractivity contribution in [2.75, 3.05) is 12.9 Å². The summed E-state index contributed by atoms with van der Waals surface area (Å²) in [6.45, 7) is 2.43. The fourth-order valence-electron chi connectivity index (χ4n) is 5.50. The number of nitrogens with one attached hydrogen (secondary N) is 1. The molecule has 5 rings (SSSR count). The lowest BCUT2D eigenvalue weighted by Crippen LogP contribution is -2.38. The molecule has 0 aromatic heterocycles. The van der Waals surface area contributed by atoms with Crippen LogP contribution < -0.4 is 10.1 Å². The highest BCUT2D eigenvalue weighted by Crippen LogP contribution is 2.44. The van der Waals surface area contributed by atoms with Crippen LogP contribution in [0.15, 0.2) is 102 Å². The van der Waals surface area contributed by atoms with E-state index < -0.39 is 12.3 Å². The van der Waals surface area contributed by atoms with Gasteiger partial charge in [0.2, 0.25) is 5.91 Å². The number of amides is 1. The molecule has 4 aromatic rings. The number of carbonyl (C=O) groups is 2. The number of aliphatic hydroxyl groups excluding tert-OH is 1. The van der Waals surface area contributed by atoms with Gasteiger partial charge in [0.15, 0.2) is 6.29 Å². The van der Waals surface area contributed by atoms with Crippen molar-refractivity contribution in [3.63, 3.8) is 0 Å². The average Bonchev–Trinajstić information content (AvgIpc) is 3.09. The number of carboxylic acids is 1. The molecule has 1 aliphatic heterocycles. The van der Waals surface area contributed by atoms with Crippen LogP contribution >= 0.6 is 11.8 Å². The molecule has 46 heavy (non-hydrogen) atoms. The van der Waals surface area contributed by atoms with Crippen LogP contribution in [-0.4, -0.2) is 41.1 Å². The van der Waals surface area contributed by atoms with E-state index in [4.69, 9.17) is 19.3 Å². The van der Waals surface area contributed by atoms with Crippen LogP contribution in [0.25, 0.3) is 11.1 Å². The van der Waals surface area contributed by atoms with Gasteiger partial charge in [-0.2, -0.15) is 0 Å². The van der Waals surface area contributed by atoms with Gasteiger partial charge < -0.3 is 29.7 Å². The second-order valence-corrected chi connectivity index (χ2v) is 12.3. The maximum Gasteiger partial charge on any atom is 0.303 e. The number of rotatable bonds is 13. The number of aliphatic hydroxyl groups is 1. The molecule has 3 N–H and O–H groups in total. The standard InChI is InChI=1S/C37H39NO7S/c1-24-32(23-46-33-10-6-5-9-31(33)43-2)44-37(45-36(24)27-13-11-25(22-39)12-14-27)28-17-15-26(16-18-28)30-8-4-3-7-29(30)21-38-34(40)19-20-35(41)42/h3-18,24,32,36-37,39H,19-23H2,1-2H3,(H,38,40)(H,41,42). The Morgan fingerprint density at radius 2 is 1.57 bits per heavy atom. The zero-order valence-corrected chi connectivity index (χ0v) is 26.7. The van der Waals surface area contributed by atoms with Crippen molar-refractivity contribution in [3.05, 3.63) is 119 Å². The predicted octanol–water partition coefficient (Wildman–Crippen LogP) is 6.92. The summed E-state index contributed by atoms with van der Waals surface area (Å²) in [5, 5.41) is 21.2. The number of para-hydroxylation sites is 1. The fraction of sp³-hybridized carbons (Fsp3) is 0.297. The predicted molar refractivity (Wildman–Crippen MR) is 177 cm³/mol. The Morgan fingerprint density at radius 3 is 2.28 bits per heavy atom.